The Labute approximate surface area is 645 Å². The summed E-state index contributed by atoms with van der Waals surface area (Å²) < 4.78 is 34.5. The Morgan fingerprint density at radius 3 is 0.943 bits per heavy atom. The number of nitrogens with one attached hydrogen (secondary N) is 1. The minimum atomic E-state index is -1.98. The molecule has 0 radical (unpaired) electrons. The largest absolute Gasteiger partial charge is 0.394 e. The Kier molecular flexibility index (Phi) is 62.9. The molecule has 12 N–H and O–H groups in total. The van der Waals surface area contributed by atoms with Crippen molar-refractivity contribution in [1.29, 1.82) is 0 Å². The Balaban J connectivity index is 1.34. The normalized spacial score (nSPS) is 25.7. The third-order valence-corrected chi connectivity index (χ3v) is 22.5. The first kappa shape index (κ1) is 98.5. The molecule has 1 amide bonds. The van der Waals surface area contributed by atoms with Gasteiger partial charge in [-0.15, -0.1) is 0 Å². The fourth-order valence-electron chi connectivity index (χ4n) is 15.4. The quantitative estimate of drug-likeness (QED) is 0.0199. The number of aliphatic hydroxyl groups is 11. The van der Waals surface area contributed by atoms with Gasteiger partial charge in [0.15, 0.2) is 18.9 Å². The monoisotopic (exact) mass is 1510 g/mol. The van der Waals surface area contributed by atoms with Crippen LogP contribution in [0.5, 0.6) is 0 Å². The van der Waals surface area contributed by atoms with Gasteiger partial charge in [-0.2, -0.15) is 0 Å². The van der Waals surface area contributed by atoms with Crippen LogP contribution in [0, 0.1) is 0 Å². The highest BCUT2D eigenvalue weighted by Crippen LogP contribution is 2.34. The van der Waals surface area contributed by atoms with E-state index in [-0.39, 0.29) is 18.9 Å². The van der Waals surface area contributed by atoms with Gasteiger partial charge in [0.25, 0.3) is 0 Å². The lowest BCUT2D eigenvalue weighted by Crippen LogP contribution is -2.66. The number of allylic oxidation sites excluding steroid dienone is 3. The number of hydrogen-bond donors (Lipinski definition) is 12. The van der Waals surface area contributed by atoms with Crippen LogP contribution < -0.4 is 5.32 Å². The minimum Gasteiger partial charge on any atom is -0.394 e. The summed E-state index contributed by atoms with van der Waals surface area (Å²) in [6, 6.07) is -0.989. The first-order chi connectivity index (χ1) is 51.8. The Bertz CT molecular complexity index is 2000. The highest BCUT2D eigenvalue weighted by Gasteiger charge is 2.54. The van der Waals surface area contributed by atoms with Gasteiger partial charge in [0, 0.05) is 6.42 Å². The summed E-state index contributed by atoms with van der Waals surface area (Å²) in [6.07, 6.45) is 57.7. The molecule has 0 spiro atoms. The molecule has 106 heavy (non-hydrogen) atoms. The van der Waals surface area contributed by atoms with Crippen molar-refractivity contribution in [3.05, 3.63) is 24.3 Å². The number of carbonyl (C=O) groups excluding carboxylic acids is 1. The molecule has 3 rings (SSSR count). The van der Waals surface area contributed by atoms with E-state index in [1.165, 1.54) is 321 Å². The standard InChI is InChI=1S/C87H165NO18/c1-3-5-7-9-11-13-15-17-19-21-23-25-27-29-31-33-34-35-36-37-38-40-42-44-46-48-50-52-54-56-58-60-62-64-71(92)70(88-75(93)65-63-61-59-57-55-53-51-49-47-45-43-41-39-32-30-28-26-24-22-20-18-16-14-12-10-8-6-4-2)69-101-85-81(99)78(96)83(73(67-90)103-85)106-87-82(100)79(97)84(74(68-91)104-87)105-86-80(98)77(95)76(94)72(66-89)102-86/h54,56,62,64,70-74,76-87,89-92,94-100H,3-53,55,57-61,63,65-69H2,1-2H3,(H,88,93)/b56-54+,64-62+. The lowest BCUT2D eigenvalue weighted by atomic mass is 9.96. The van der Waals surface area contributed by atoms with E-state index < -0.39 is 124 Å². The highest BCUT2D eigenvalue weighted by atomic mass is 16.8. The Morgan fingerprint density at radius 1 is 0.330 bits per heavy atom. The molecule has 3 saturated heterocycles. The molecule has 3 aliphatic rings. The van der Waals surface area contributed by atoms with Crippen LogP contribution >= 0.6 is 0 Å². The number of ether oxygens (including phenoxy) is 6. The number of hydrogen-bond acceptors (Lipinski definition) is 18. The molecule has 17 unspecified atom stereocenters. The van der Waals surface area contributed by atoms with Crippen LogP contribution in [0.25, 0.3) is 0 Å². The Morgan fingerprint density at radius 2 is 0.604 bits per heavy atom. The van der Waals surface area contributed by atoms with E-state index in [2.05, 4.69) is 31.3 Å². The maximum Gasteiger partial charge on any atom is 0.220 e. The van der Waals surface area contributed by atoms with E-state index in [1.807, 2.05) is 6.08 Å². The van der Waals surface area contributed by atoms with Crippen molar-refractivity contribution in [2.24, 2.45) is 0 Å². The third-order valence-electron chi connectivity index (χ3n) is 22.5. The van der Waals surface area contributed by atoms with E-state index in [0.29, 0.717) is 12.8 Å². The fraction of sp³-hybridized carbons (Fsp3) is 0.943. The Hall–Kier alpha value is -1.73. The van der Waals surface area contributed by atoms with Crippen molar-refractivity contribution in [3.8, 4) is 0 Å². The molecule has 19 nitrogen and oxygen atoms in total. The minimum absolute atomic E-state index is 0.241. The number of aliphatic hydroxyl groups excluding tert-OH is 11. The molecular formula is C87H165NO18. The summed E-state index contributed by atoms with van der Waals surface area (Å²) in [6.45, 7) is 1.80. The van der Waals surface area contributed by atoms with E-state index in [9.17, 15) is 61.0 Å². The van der Waals surface area contributed by atoms with Crippen molar-refractivity contribution in [1.82, 2.24) is 5.32 Å². The van der Waals surface area contributed by atoms with Crippen LogP contribution in [-0.2, 0) is 33.2 Å². The zero-order valence-electron chi connectivity index (χ0n) is 67.4. The fourth-order valence-corrected chi connectivity index (χ4v) is 15.4. The summed E-state index contributed by atoms with van der Waals surface area (Å²) in [7, 11) is 0. The molecular weight excluding hydrogens is 1350 g/mol. The number of carbonyl (C=O) groups is 1. The molecule has 0 aromatic heterocycles. The van der Waals surface area contributed by atoms with Gasteiger partial charge in [-0.25, -0.2) is 0 Å². The van der Waals surface area contributed by atoms with Gasteiger partial charge in [-0.05, 0) is 32.1 Å². The van der Waals surface area contributed by atoms with Crippen molar-refractivity contribution >= 4 is 5.91 Å². The molecule has 0 bridgehead atoms. The molecule has 0 aromatic carbocycles. The number of amides is 1. The van der Waals surface area contributed by atoms with Crippen molar-refractivity contribution in [2.75, 3.05) is 26.4 Å². The molecule has 0 saturated carbocycles. The van der Waals surface area contributed by atoms with Gasteiger partial charge < -0.3 is 89.9 Å². The van der Waals surface area contributed by atoms with Crippen LogP contribution in [0.3, 0.4) is 0 Å². The van der Waals surface area contributed by atoms with Crippen LogP contribution in [-0.4, -0.2) is 193 Å². The SMILES string of the molecule is CCCCCCCCCCCCCCCCCCCCCCCCCCCCC/C=C/CC/C=C/C(O)C(COC1OC(CO)C(OC2OC(CO)C(OC3OC(CO)C(O)C(O)C3O)C(O)C2O)C(O)C1O)NC(=O)CCCCCCCCCCCCCCCCCCCCCCCCCCCCCC. The summed E-state index contributed by atoms with van der Waals surface area (Å²) in [5.41, 5.74) is 0. The van der Waals surface area contributed by atoms with E-state index in [1.54, 1.807) is 6.08 Å². The molecule has 0 aliphatic carbocycles. The second kappa shape index (κ2) is 67.7. The first-order valence-electron chi connectivity index (χ1n) is 44.6. The number of rotatable bonds is 73. The molecule has 3 fully saturated rings. The molecule has 17 atom stereocenters. The van der Waals surface area contributed by atoms with Gasteiger partial charge in [0.05, 0.1) is 38.6 Å². The smallest absolute Gasteiger partial charge is 0.220 e. The second-order valence-electron chi connectivity index (χ2n) is 32.1. The van der Waals surface area contributed by atoms with Crippen LogP contribution in [0.2, 0.25) is 0 Å². The van der Waals surface area contributed by atoms with Crippen molar-refractivity contribution in [2.45, 2.75) is 497 Å². The lowest BCUT2D eigenvalue weighted by molar-refractivity contribution is -0.379. The van der Waals surface area contributed by atoms with Crippen molar-refractivity contribution in [3.63, 3.8) is 0 Å². The predicted octanol–water partition coefficient (Wildman–Crippen LogP) is 16.5. The van der Waals surface area contributed by atoms with Gasteiger partial charge in [0.1, 0.15) is 73.2 Å². The second-order valence-corrected chi connectivity index (χ2v) is 32.1. The van der Waals surface area contributed by atoms with Crippen molar-refractivity contribution < 1.29 is 89.4 Å². The molecule has 3 aliphatic heterocycles. The van der Waals surface area contributed by atoms with Gasteiger partial charge in [-0.1, -0.05) is 378 Å². The van der Waals surface area contributed by atoms with Gasteiger partial charge in [-0.3, -0.25) is 4.79 Å². The average Bonchev–Trinajstić information content (AvgIpc) is 0.781. The molecule has 19 heteroatoms. The summed E-state index contributed by atoms with van der Waals surface area (Å²) in [5, 5.41) is 121. The first-order valence-corrected chi connectivity index (χ1v) is 44.6. The topological polar surface area (TPSA) is 307 Å². The zero-order chi connectivity index (χ0) is 76.7. The van der Waals surface area contributed by atoms with Crippen LogP contribution in [0.4, 0.5) is 0 Å². The molecule has 0 aromatic rings. The molecule has 3 heterocycles. The average molecular weight is 1510 g/mol. The van der Waals surface area contributed by atoms with Crippen LogP contribution in [0.15, 0.2) is 24.3 Å². The molecule has 626 valence electrons. The predicted molar refractivity (Wildman–Crippen MR) is 425 cm³/mol. The third kappa shape index (κ3) is 46.4. The summed E-state index contributed by atoms with van der Waals surface area (Å²) in [4.78, 5) is 13.5. The highest BCUT2D eigenvalue weighted by molar-refractivity contribution is 5.76. The van der Waals surface area contributed by atoms with E-state index in [0.717, 1.165) is 38.5 Å². The van der Waals surface area contributed by atoms with Crippen LogP contribution in [0.1, 0.15) is 393 Å². The van der Waals surface area contributed by atoms with Gasteiger partial charge >= 0.3 is 0 Å². The number of unbranched alkanes of at least 4 members (excludes halogenated alkanes) is 55. The maximum absolute atomic E-state index is 13.5. The maximum atomic E-state index is 13.5. The lowest BCUT2D eigenvalue weighted by Gasteiger charge is -2.48. The van der Waals surface area contributed by atoms with E-state index in [4.69, 9.17) is 28.4 Å². The summed E-state index contributed by atoms with van der Waals surface area (Å²) >= 11 is 0. The summed E-state index contributed by atoms with van der Waals surface area (Å²) in [5.74, 6) is -0.276. The van der Waals surface area contributed by atoms with E-state index >= 15 is 0 Å². The van der Waals surface area contributed by atoms with Gasteiger partial charge in [0.2, 0.25) is 5.91 Å². The zero-order valence-corrected chi connectivity index (χ0v) is 67.4.